The molecule has 3 rings (SSSR count). The summed E-state index contributed by atoms with van der Waals surface area (Å²) in [5.41, 5.74) is 1.41. The summed E-state index contributed by atoms with van der Waals surface area (Å²) in [7, 11) is 0. The zero-order chi connectivity index (χ0) is 32.4. The third-order valence-corrected chi connectivity index (χ3v) is 8.09. The van der Waals surface area contributed by atoms with E-state index in [4.69, 9.17) is 14.2 Å². The van der Waals surface area contributed by atoms with Gasteiger partial charge in [0.2, 0.25) is 6.29 Å². The summed E-state index contributed by atoms with van der Waals surface area (Å²) < 4.78 is 16.8. The zero-order valence-corrected chi connectivity index (χ0v) is 26.6. The van der Waals surface area contributed by atoms with E-state index in [0.717, 1.165) is 24.8 Å². The number of aromatic hydroxyl groups is 2. The average Bonchev–Trinajstić information content (AvgIpc) is 3.02. The molecule has 9 nitrogen and oxygen atoms in total. The van der Waals surface area contributed by atoms with Crippen molar-refractivity contribution in [2.45, 2.75) is 128 Å². The summed E-state index contributed by atoms with van der Waals surface area (Å²) in [6, 6.07) is 11.0. The molecule has 0 radical (unpaired) electrons. The molecular weight excluding hydrogens is 576 g/mol. The molecule has 5 unspecified atom stereocenters. The lowest BCUT2D eigenvalue weighted by Gasteiger charge is -2.39. The Hall–Kier alpha value is -3.11. The minimum atomic E-state index is -1.60. The van der Waals surface area contributed by atoms with Crippen LogP contribution in [0.25, 0.3) is 12.2 Å². The molecular formula is C36H52O9. The normalized spacial score (nSPS) is 21.6. The van der Waals surface area contributed by atoms with E-state index in [-0.39, 0.29) is 30.3 Å². The average molecular weight is 629 g/mol. The molecule has 2 aromatic rings. The van der Waals surface area contributed by atoms with Gasteiger partial charge in [-0.3, -0.25) is 4.79 Å². The highest BCUT2D eigenvalue weighted by molar-refractivity contribution is 5.71. The number of phenolic OH excluding ortho intramolecular Hbond substituents is 2. The van der Waals surface area contributed by atoms with Crippen molar-refractivity contribution in [2.75, 3.05) is 6.61 Å². The minimum Gasteiger partial charge on any atom is -0.508 e. The molecule has 1 heterocycles. The fourth-order valence-electron chi connectivity index (χ4n) is 5.37. The molecule has 0 amide bonds. The molecule has 5 atom stereocenters. The van der Waals surface area contributed by atoms with Gasteiger partial charge in [-0.15, -0.1) is 0 Å². The second-order valence-corrected chi connectivity index (χ2v) is 12.0. The van der Waals surface area contributed by atoms with Crippen LogP contribution in [0, 0.1) is 0 Å². The lowest BCUT2D eigenvalue weighted by atomic mass is 9.99. The van der Waals surface area contributed by atoms with Crippen LogP contribution in [0.3, 0.4) is 0 Å². The van der Waals surface area contributed by atoms with Gasteiger partial charge in [0.15, 0.2) is 0 Å². The van der Waals surface area contributed by atoms with Crippen LogP contribution in [0.1, 0.15) is 108 Å². The number of hydrogen-bond donors (Lipinski definition) is 5. The van der Waals surface area contributed by atoms with Crippen LogP contribution in [0.4, 0.5) is 0 Å². The van der Waals surface area contributed by atoms with Gasteiger partial charge in [0, 0.05) is 12.5 Å². The monoisotopic (exact) mass is 628 g/mol. The highest BCUT2D eigenvalue weighted by Crippen LogP contribution is 2.29. The Bertz CT molecular complexity index is 1150. The number of unbranched alkanes of at least 4 members (excludes halogenated alkanes) is 12. The van der Waals surface area contributed by atoms with Gasteiger partial charge >= 0.3 is 5.97 Å². The molecule has 1 fully saturated rings. The van der Waals surface area contributed by atoms with Crippen molar-refractivity contribution in [2.24, 2.45) is 0 Å². The van der Waals surface area contributed by atoms with Crippen molar-refractivity contribution in [3.63, 3.8) is 0 Å². The van der Waals surface area contributed by atoms with E-state index < -0.39 is 36.7 Å². The Labute approximate surface area is 267 Å². The first-order valence-electron chi connectivity index (χ1n) is 16.6. The first kappa shape index (κ1) is 36.4. The fourth-order valence-corrected chi connectivity index (χ4v) is 5.37. The molecule has 1 saturated heterocycles. The largest absolute Gasteiger partial charge is 0.508 e. The van der Waals surface area contributed by atoms with E-state index in [0.29, 0.717) is 5.56 Å². The maximum Gasteiger partial charge on any atom is 0.305 e. The van der Waals surface area contributed by atoms with Crippen LogP contribution in [0.5, 0.6) is 17.2 Å². The smallest absolute Gasteiger partial charge is 0.305 e. The number of rotatable bonds is 20. The van der Waals surface area contributed by atoms with E-state index in [2.05, 4.69) is 6.92 Å². The lowest BCUT2D eigenvalue weighted by Crippen LogP contribution is -2.60. The molecule has 0 aromatic heterocycles. The number of aliphatic hydroxyl groups is 3. The topological polar surface area (TPSA) is 146 Å². The second kappa shape index (κ2) is 20.1. The Kier molecular flexibility index (Phi) is 16.2. The molecule has 250 valence electrons. The number of ether oxygens (including phenoxy) is 3. The Morgan fingerprint density at radius 3 is 1.91 bits per heavy atom. The number of aliphatic hydroxyl groups excluding tert-OH is 3. The Morgan fingerprint density at radius 1 is 0.711 bits per heavy atom. The van der Waals surface area contributed by atoms with Gasteiger partial charge in [0.05, 0.1) is 0 Å². The van der Waals surface area contributed by atoms with Crippen molar-refractivity contribution < 1.29 is 44.5 Å². The highest BCUT2D eigenvalue weighted by Gasteiger charge is 2.45. The number of esters is 1. The van der Waals surface area contributed by atoms with Crippen LogP contribution in [-0.2, 0) is 14.3 Å². The predicted octanol–water partition coefficient (Wildman–Crippen LogP) is 6.48. The van der Waals surface area contributed by atoms with E-state index >= 15 is 0 Å². The molecule has 0 aliphatic carbocycles. The number of carbonyl (C=O) groups is 1. The zero-order valence-electron chi connectivity index (χ0n) is 26.6. The number of carbonyl (C=O) groups excluding carboxylic acids is 1. The minimum absolute atomic E-state index is 0.0950. The first-order valence-corrected chi connectivity index (χ1v) is 16.6. The van der Waals surface area contributed by atoms with Crippen LogP contribution in [0.15, 0.2) is 42.5 Å². The molecule has 1 aliphatic heterocycles. The highest BCUT2D eigenvalue weighted by atomic mass is 16.7. The van der Waals surface area contributed by atoms with E-state index in [1.807, 2.05) is 0 Å². The molecule has 0 saturated carbocycles. The van der Waals surface area contributed by atoms with Gasteiger partial charge in [0.1, 0.15) is 48.3 Å². The summed E-state index contributed by atoms with van der Waals surface area (Å²) in [4.78, 5) is 12.3. The lowest BCUT2D eigenvalue weighted by molar-refractivity contribution is -0.278. The fraction of sp³-hybridized carbons (Fsp3) is 0.583. The van der Waals surface area contributed by atoms with Gasteiger partial charge in [-0.2, -0.15) is 0 Å². The predicted molar refractivity (Wildman–Crippen MR) is 174 cm³/mol. The molecule has 5 N–H and O–H groups in total. The SMILES string of the molecule is CCCCCCCCCCCCCCCC(=O)OCC1OC(Oc2cc(O)cc(/C=C/c3ccc(O)cc3)c2)C(O)C(O)C1O. The molecule has 9 heteroatoms. The van der Waals surface area contributed by atoms with Gasteiger partial charge in [-0.1, -0.05) is 108 Å². The van der Waals surface area contributed by atoms with Crippen LogP contribution >= 0.6 is 0 Å². The maximum absolute atomic E-state index is 12.3. The van der Waals surface area contributed by atoms with Crippen LogP contribution < -0.4 is 4.74 Å². The molecule has 2 aromatic carbocycles. The van der Waals surface area contributed by atoms with Crippen molar-refractivity contribution in [1.82, 2.24) is 0 Å². The van der Waals surface area contributed by atoms with Crippen molar-refractivity contribution in [3.8, 4) is 17.2 Å². The standard InChI is InChI=1S/C36H52O9/c1-2-3-4-5-6-7-8-9-10-11-12-13-14-15-32(39)43-25-31-33(40)34(41)35(42)36(45-31)44-30-23-27(22-29(38)24-30)17-16-26-18-20-28(37)21-19-26/h16-24,31,33-38,40-42H,2-15,25H2,1H3/b17-16+. The summed E-state index contributed by atoms with van der Waals surface area (Å²) in [6.07, 6.45) is 12.4. The van der Waals surface area contributed by atoms with E-state index in [1.54, 1.807) is 42.5 Å². The van der Waals surface area contributed by atoms with Gasteiger partial charge < -0.3 is 39.7 Å². The van der Waals surface area contributed by atoms with Gasteiger partial charge in [-0.05, 0) is 41.8 Å². The van der Waals surface area contributed by atoms with E-state index in [9.17, 15) is 30.3 Å². The van der Waals surface area contributed by atoms with Gasteiger partial charge in [0.25, 0.3) is 0 Å². The third-order valence-electron chi connectivity index (χ3n) is 8.09. The van der Waals surface area contributed by atoms with Crippen molar-refractivity contribution in [3.05, 3.63) is 53.6 Å². The van der Waals surface area contributed by atoms with E-state index in [1.165, 1.54) is 76.3 Å². The molecule has 45 heavy (non-hydrogen) atoms. The quantitative estimate of drug-likeness (QED) is 0.0632. The van der Waals surface area contributed by atoms with Crippen molar-refractivity contribution >= 4 is 18.1 Å². The first-order chi connectivity index (χ1) is 21.8. The molecule has 0 bridgehead atoms. The van der Waals surface area contributed by atoms with Crippen LogP contribution in [0.2, 0.25) is 0 Å². The van der Waals surface area contributed by atoms with Crippen LogP contribution in [-0.4, -0.2) is 68.8 Å². The number of benzene rings is 2. The second-order valence-electron chi connectivity index (χ2n) is 12.0. The summed E-state index contributed by atoms with van der Waals surface area (Å²) in [5.74, 6) is -0.194. The third kappa shape index (κ3) is 13.4. The Morgan fingerprint density at radius 2 is 1.29 bits per heavy atom. The van der Waals surface area contributed by atoms with Crippen molar-refractivity contribution in [1.29, 1.82) is 0 Å². The maximum atomic E-state index is 12.3. The summed E-state index contributed by atoms with van der Waals surface area (Å²) >= 11 is 0. The number of phenols is 2. The Balaban J connectivity index is 1.38. The molecule has 1 aliphatic rings. The summed E-state index contributed by atoms with van der Waals surface area (Å²) in [5, 5.41) is 51.0. The summed E-state index contributed by atoms with van der Waals surface area (Å²) in [6.45, 7) is 1.94. The molecule has 0 spiro atoms. The van der Waals surface area contributed by atoms with Gasteiger partial charge in [-0.25, -0.2) is 0 Å². The number of hydrogen-bond acceptors (Lipinski definition) is 9.